The summed E-state index contributed by atoms with van der Waals surface area (Å²) in [5.74, 6) is -0.558. The molecule has 0 amide bonds. The zero-order valence-corrected chi connectivity index (χ0v) is 7.96. The molecule has 1 aliphatic rings. The molecule has 4 heteroatoms. The lowest BCUT2D eigenvalue weighted by Gasteiger charge is -2.29. The Morgan fingerprint density at radius 1 is 1.69 bits per heavy atom. The zero-order chi connectivity index (χ0) is 9.90. The average Bonchev–Trinajstić information content (AvgIpc) is 2.11. The van der Waals surface area contributed by atoms with Gasteiger partial charge in [0, 0.05) is 6.42 Å². The molecule has 0 spiro atoms. The Morgan fingerprint density at radius 3 is 2.92 bits per heavy atom. The minimum atomic E-state index is -1.08. The summed E-state index contributed by atoms with van der Waals surface area (Å²) in [7, 11) is 0. The van der Waals surface area contributed by atoms with E-state index in [1.165, 1.54) is 0 Å². The highest BCUT2D eigenvalue weighted by Crippen LogP contribution is 2.25. The van der Waals surface area contributed by atoms with Gasteiger partial charge >= 0.3 is 5.97 Å². The van der Waals surface area contributed by atoms with Gasteiger partial charge in [0.25, 0.3) is 0 Å². The van der Waals surface area contributed by atoms with Crippen LogP contribution in [0.3, 0.4) is 0 Å². The van der Waals surface area contributed by atoms with Gasteiger partial charge in [-0.2, -0.15) is 0 Å². The van der Waals surface area contributed by atoms with Gasteiger partial charge in [-0.15, -0.1) is 0 Å². The predicted molar refractivity (Wildman–Crippen MR) is 45.2 cm³/mol. The Morgan fingerprint density at radius 2 is 2.38 bits per heavy atom. The summed E-state index contributed by atoms with van der Waals surface area (Å²) in [6.45, 7) is 4.14. The second-order valence-corrected chi connectivity index (χ2v) is 3.28. The lowest BCUT2D eigenvalue weighted by molar-refractivity contribution is -0.167. The molecule has 0 aliphatic carbocycles. The molecule has 1 fully saturated rings. The normalized spacial score (nSPS) is 28.6. The Kier molecular flexibility index (Phi) is 3.03. The molecule has 0 bridgehead atoms. The van der Waals surface area contributed by atoms with Gasteiger partial charge in [0.05, 0.1) is 19.8 Å². The third-order valence-electron chi connectivity index (χ3n) is 2.21. The van der Waals surface area contributed by atoms with Gasteiger partial charge in [-0.05, 0) is 13.8 Å². The van der Waals surface area contributed by atoms with E-state index in [4.69, 9.17) is 9.47 Å². The molecular weight excluding hydrogens is 172 g/mol. The van der Waals surface area contributed by atoms with E-state index in [0.717, 1.165) is 0 Å². The topological polar surface area (TPSA) is 52.6 Å². The van der Waals surface area contributed by atoms with E-state index in [0.29, 0.717) is 19.6 Å². The van der Waals surface area contributed by atoms with Gasteiger partial charge in [-0.25, -0.2) is 0 Å². The SMILES string of the molecule is CCOC(=O)C1(C)COCCC1=O. The Balaban J connectivity index is 2.71. The maximum atomic E-state index is 11.5. The van der Waals surface area contributed by atoms with Crippen LogP contribution in [0.25, 0.3) is 0 Å². The van der Waals surface area contributed by atoms with Crippen molar-refractivity contribution in [2.24, 2.45) is 5.41 Å². The van der Waals surface area contributed by atoms with Crippen molar-refractivity contribution < 1.29 is 19.1 Å². The van der Waals surface area contributed by atoms with Crippen LogP contribution in [0.15, 0.2) is 0 Å². The van der Waals surface area contributed by atoms with Gasteiger partial charge in [0.1, 0.15) is 5.41 Å². The van der Waals surface area contributed by atoms with Crippen molar-refractivity contribution in [3.8, 4) is 0 Å². The molecule has 74 valence electrons. The highest BCUT2D eigenvalue weighted by Gasteiger charge is 2.44. The lowest BCUT2D eigenvalue weighted by Crippen LogP contribution is -2.45. The van der Waals surface area contributed by atoms with Crippen LogP contribution in [-0.2, 0) is 19.1 Å². The number of ether oxygens (including phenoxy) is 2. The van der Waals surface area contributed by atoms with E-state index >= 15 is 0 Å². The quantitative estimate of drug-likeness (QED) is 0.466. The van der Waals surface area contributed by atoms with Gasteiger partial charge in [0.15, 0.2) is 5.78 Å². The fourth-order valence-corrected chi connectivity index (χ4v) is 1.26. The van der Waals surface area contributed by atoms with E-state index in [-0.39, 0.29) is 12.4 Å². The first-order valence-electron chi connectivity index (χ1n) is 4.39. The molecule has 0 N–H and O–H groups in total. The van der Waals surface area contributed by atoms with E-state index in [1.807, 2.05) is 0 Å². The van der Waals surface area contributed by atoms with E-state index in [9.17, 15) is 9.59 Å². The fourth-order valence-electron chi connectivity index (χ4n) is 1.26. The summed E-state index contributed by atoms with van der Waals surface area (Å²) < 4.78 is 9.92. The molecule has 1 unspecified atom stereocenters. The van der Waals surface area contributed by atoms with Crippen LogP contribution in [0.1, 0.15) is 20.3 Å². The maximum Gasteiger partial charge on any atom is 0.321 e. The summed E-state index contributed by atoms with van der Waals surface area (Å²) in [5.41, 5.74) is -1.08. The molecule has 0 radical (unpaired) electrons. The zero-order valence-electron chi connectivity index (χ0n) is 7.96. The molecule has 0 aromatic carbocycles. The van der Waals surface area contributed by atoms with Crippen LogP contribution in [-0.4, -0.2) is 31.6 Å². The second kappa shape index (κ2) is 3.87. The smallest absolute Gasteiger partial charge is 0.321 e. The van der Waals surface area contributed by atoms with Crippen LogP contribution in [0.4, 0.5) is 0 Å². The van der Waals surface area contributed by atoms with E-state index in [1.54, 1.807) is 13.8 Å². The first-order valence-corrected chi connectivity index (χ1v) is 4.39. The van der Waals surface area contributed by atoms with E-state index < -0.39 is 11.4 Å². The average molecular weight is 186 g/mol. The summed E-state index contributed by atoms with van der Waals surface area (Å²) in [4.78, 5) is 22.9. The fraction of sp³-hybridized carbons (Fsp3) is 0.778. The molecule has 1 heterocycles. The number of carbonyl (C=O) groups is 2. The first kappa shape index (κ1) is 10.2. The van der Waals surface area contributed by atoms with Crippen molar-refractivity contribution in [2.45, 2.75) is 20.3 Å². The highest BCUT2D eigenvalue weighted by atomic mass is 16.5. The van der Waals surface area contributed by atoms with E-state index in [2.05, 4.69) is 0 Å². The number of hydrogen-bond donors (Lipinski definition) is 0. The molecule has 4 nitrogen and oxygen atoms in total. The van der Waals surface area contributed by atoms with Gasteiger partial charge in [0.2, 0.25) is 0 Å². The Bertz CT molecular complexity index is 224. The number of Topliss-reactive ketones (excluding diaryl/α,β-unsaturated/α-hetero) is 1. The molecular formula is C9H14O4. The second-order valence-electron chi connectivity index (χ2n) is 3.28. The number of ketones is 1. The Hall–Kier alpha value is -0.900. The largest absolute Gasteiger partial charge is 0.465 e. The molecule has 1 rings (SSSR count). The predicted octanol–water partition coefficient (Wildman–Crippen LogP) is 0.545. The maximum absolute atomic E-state index is 11.5. The van der Waals surface area contributed by atoms with Gasteiger partial charge < -0.3 is 9.47 Å². The number of rotatable bonds is 2. The summed E-state index contributed by atoms with van der Waals surface area (Å²) in [6.07, 6.45) is 0.301. The van der Waals surface area contributed by atoms with Crippen molar-refractivity contribution in [1.82, 2.24) is 0 Å². The highest BCUT2D eigenvalue weighted by molar-refractivity contribution is 6.04. The summed E-state index contributed by atoms with van der Waals surface area (Å²) in [5, 5.41) is 0. The molecule has 1 saturated heterocycles. The van der Waals surface area contributed by atoms with Crippen molar-refractivity contribution in [3.05, 3.63) is 0 Å². The third kappa shape index (κ3) is 1.88. The molecule has 1 aliphatic heterocycles. The minimum Gasteiger partial charge on any atom is -0.465 e. The van der Waals surface area contributed by atoms with Gasteiger partial charge in [-0.1, -0.05) is 0 Å². The molecule has 13 heavy (non-hydrogen) atoms. The number of esters is 1. The number of hydrogen-bond acceptors (Lipinski definition) is 4. The summed E-state index contributed by atoms with van der Waals surface area (Å²) in [6, 6.07) is 0. The van der Waals surface area contributed by atoms with Crippen LogP contribution in [0.2, 0.25) is 0 Å². The van der Waals surface area contributed by atoms with Crippen LogP contribution >= 0.6 is 0 Å². The van der Waals surface area contributed by atoms with Crippen molar-refractivity contribution >= 4 is 11.8 Å². The number of carbonyl (C=O) groups excluding carboxylic acids is 2. The van der Waals surface area contributed by atoms with Crippen molar-refractivity contribution in [1.29, 1.82) is 0 Å². The summed E-state index contributed by atoms with van der Waals surface area (Å²) >= 11 is 0. The van der Waals surface area contributed by atoms with Crippen molar-refractivity contribution in [2.75, 3.05) is 19.8 Å². The third-order valence-corrected chi connectivity index (χ3v) is 2.21. The monoisotopic (exact) mass is 186 g/mol. The molecule has 0 aromatic heterocycles. The van der Waals surface area contributed by atoms with Gasteiger partial charge in [-0.3, -0.25) is 9.59 Å². The van der Waals surface area contributed by atoms with Crippen LogP contribution < -0.4 is 0 Å². The Labute approximate surface area is 77.2 Å². The lowest BCUT2D eigenvalue weighted by atomic mass is 9.83. The van der Waals surface area contributed by atoms with Crippen LogP contribution in [0, 0.1) is 5.41 Å². The molecule has 1 atom stereocenters. The standard InChI is InChI=1S/C9H14O4/c1-3-13-8(11)9(2)6-12-5-4-7(9)10/h3-6H2,1-2H3. The van der Waals surface area contributed by atoms with Crippen LogP contribution in [0.5, 0.6) is 0 Å². The molecule has 0 aromatic rings. The minimum absolute atomic E-state index is 0.0859. The van der Waals surface area contributed by atoms with Crippen molar-refractivity contribution in [3.63, 3.8) is 0 Å². The molecule has 0 saturated carbocycles. The first-order chi connectivity index (χ1) is 6.11.